The van der Waals surface area contributed by atoms with E-state index in [1.807, 2.05) is 14.1 Å². The van der Waals surface area contributed by atoms with Gasteiger partial charge in [0.15, 0.2) is 0 Å². The number of aromatic nitrogens is 2. The highest BCUT2D eigenvalue weighted by atomic mass is 35.5. The lowest BCUT2D eigenvalue weighted by molar-refractivity contribution is -0.651. The Hall–Kier alpha value is -0.145. The molecular formula is C13H20BCl2N2. The van der Waals surface area contributed by atoms with Gasteiger partial charge in [0, 0.05) is 12.4 Å². The highest BCUT2D eigenvalue weighted by Crippen LogP contribution is 2.45. The summed E-state index contributed by atoms with van der Waals surface area (Å²) in [7, 11) is 4.10. The third-order valence-corrected chi connectivity index (χ3v) is 6.02. The molecule has 0 aliphatic carbocycles. The molecule has 1 aromatic heterocycles. The van der Waals surface area contributed by atoms with Gasteiger partial charge in [-0.05, 0) is 23.2 Å². The fourth-order valence-electron chi connectivity index (χ4n) is 4.25. The average Bonchev–Trinajstić information content (AvgIpc) is 2.53. The predicted molar refractivity (Wildman–Crippen MR) is 77.2 cm³/mol. The molecule has 2 nitrogen and oxygen atoms in total. The maximum Gasteiger partial charge on any atom is 0.251 e. The predicted octanol–water partition coefficient (Wildman–Crippen LogP) is 2.97. The van der Waals surface area contributed by atoms with Crippen LogP contribution in [0.3, 0.4) is 0 Å². The molecule has 0 amide bonds. The van der Waals surface area contributed by atoms with Gasteiger partial charge < -0.3 is 0 Å². The number of hydrogen-bond donors (Lipinski definition) is 0. The number of hydrogen-bond acceptors (Lipinski definition) is 0. The minimum Gasteiger partial charge on any atom is -0.260 e. The molecule has 2 bridgehead atoms. The number of rotatable bonds is 1. The van der Waals surface area contributed by atoms with Gasteiger partial charge in [-0.25, -0.2) is 0 Å². The Bertz CT molecular complexity index is 425. The lowest BCUT2D eigenvalue weighted by atomic mass is 9.26. The molecule has 2 aliphatic rings. The van der Waals surface area contributed by atoms with Gasteiger partial charge in [-0.1, -0.05) is 38.5 Å². The summed E-state index contributed by atoms with van der Waals surface area (Å²) in [5.41, 5.74) is 1.33. The van der Waals surface area contributed by atoms with Gasteiger partial charge in [0.2, 0.25) is 0 Å². The average molecular weight is 286 g/mol. The van der Waals surface area contributed by atoms with Crippen molar-refractivity contribution >= 4 is 35.6 Å². The number of imidazole rings is 1. The molecule has 18 heavy (non-hydrogen) atoms. The summed E-state index contributed by atoms with van der Waals surface area (Å²) in [5.74, 6) is 1.67. The first kappa shape index (κ1) is 12.9. The fraction of sp³-hybridized carbons (Fsp3) is 0.769. The zero-order valence-electron chi connectivity index (χ0n) is 11.1. The van der Waals surface area contributed by atoms with Crippen molar-refractivity contribution in [2.24, 2.45) is 14.1 Å². The van der Waals surface area contributed by atoms with E-state index in [1.54, 1.807) is 0 Å². The van der Waals surface area contributed by atoms with Crippen LogP contribution in [0.2, 0.25) is 21.9 Å². The molecule has 5 heteroatoms. The minimum absolute atomic E-state index is 0.660. The fourth-order valence-corrected chi connectivity index (χ4v) is 4.67. The van der Waals surface area contributed by atoms with E-state index >= 15 is 0 Å². The van der Waals surface area contributed by atoms with Crippen LogP contribution in [0, 0.1) is 0 Å². The molecule has 0 spiro atoms. The van der Waals surface area contributed by atoms with E-state index in [-0.39, 0.29) is 0 Å². The summed E-state index contributed by atoms with van der Waals surface area (Å²) in [5, 5.41) is 1.36. The largest absolute Gasteiger partial charge is 0.260 e. The Kier molecular flexibility index (Phi) is 3.40. The molecule has 99 valence electrons. The Morgan fingerprint density at radius 2 is 1.61 bits per heavy atom. The SMILES string of the molecule is Cn1c(Cl)c(Cl)[n+](C)c1[B-]1C2CCCC1CCC2. The molecule has 1 radical (unpaired) electrons. The van der Waals surface area contributed by atoms with E-state index in [2.05, 4.69) is 9.13 Å². The van der Waals surface area contributed by atoms with Crippen LogP contribution in [0.4, 0.5) is 0 Å². The monoisotopic (exact) mass is 285 g/mol. The van der Waals surface area contributed by atoms with Crippen molar-refractivity contribution in [2.75, 3.05) is 0 Å². The standard InChI is InChI=1S/C13H20BCl2N2/c1-17-11(15)12(16)18(2)13(17)14-9-5-3-6-10(14)8-4-7-9/h9-10H,3-8H2,1-2H3. The summed E-state index contributed by atoms with van der Waals surface area (Å²) in [6, 6.07) is 0. The van der Waals surface area contributed by atoms with Crippen LogP contribution in [0.1, 0.15) is 38.5 Å². The van der Waals surface area contributed by atoms with E-state index in [4.69, 9.17) is 23.2 Å². The van der Waals surface area contributed by atoms with E-state index in [1.165, 1.54) is 44.2 Å². The summed E-state index contributed by atoms with van der Waals surface area (Å²) in [6.07, 6.45) is 8.31. The number of fused-ring (bicyclic) bond motifs is 2. The Labute approximate surface area is 119 Å². The molecule has 3 rings (SSSR count). The molecule has 0 unspecified atom stereocenters. The summed E-state index contributed by atoms with van der Waals surface area (Å²) >= 11 is 12.6. The second-order valence-corrected chi connectivity index (χ2v) is 6.68. The van der Waals surface area contributed by atoms with Gasteiger partial charge in [0.05, 0.1) is 14.1 Å². The van der Waals surface area contributed by atoms with Gasteiger partial charge in [-0.15, -0.1) is 0 Å². The van der Waals surface area contributed by atoms with Gasteiger partial charge in [-0.2, -0.15) is 11.6 Å². The van der Waals surface area contributed by atoms with Crippen LogP contribution in [-0.4, -0.2) is 11.3 Å². The molecule has 0 atom stereocenters. The third kappa shape index (κ3) is 1.82. The Morgan fingerprint density at radius 1 is 1.11 bits per heavy atom. The van der Waals surface area contributed by atoms with Crippen LogP contribution in [0.15, 0.2) is 0 Å². The van der Waals surface area contributed by atoms with Crippen LogP contribution >= 0.6 is 23.2 Å². The third-order valence-electron chi connectivity index (χ3n) is 5.06. The summed E-state index contributed by atoms with van der Waals surface area (Å²) in [6.45, 7) is 0.660. The zero-order valence-corrected chi connectivity index (χ0v) is 12.6. The van der Waals surface area contributed by atoms with Crippen molar-refractivity contribution in [3.8, 4) is 0 Å². The highest BCUT2D eigenvalue weighted by Gasteiger charge is 2.35. The zero-order chi connectivity index (χ0) is 12.9. The second kappa shape index (κ2) is 4.75. The highest BCUT2D eigenvalue weighted by molar-refractivity contribution is 6.74. The molecule has 0 saturated carbocycles. The first-order valence-corrected chi connectivity index (χ1v) is 7.76. The lowest BCUT2D eigenvalue weighted by Crippen LogP contribution is -2.60. The maximum absolute atomic E-state index is 6.29. The van der Waals surface area contributed by atoms with Crippen molar-refractivity contribution in [3.63, 3.8) is 0 Å². The van der Waals surface area contributed by atoms with Crippen LogP contribution in [0.25, 0.3) is 0 Å². The van der Waals surface area contributed by atoms with Gasteiger partial charge >= 0.3 is 0 Å². The molecule has 3 heterocycles. The van der Waals surface area contributed by atoms with Crippen LogP contribution < -0.4 is 10.3 Å². The Balaban J connectivity index is 2.06. The molecular weight excluding hydrogens is 266 g/mol. The van der Waals surface area contributed by atoms with E-state index in [9.17, 15) is 0 Å². The van der Waals surface area contributed by atoms with Crippen molar-refractivity contribution < 1.29 is 4.57 Å². The second-order valence-electron chi connectivity index (χ2n) is 5.97. The van der Waals surface area contributed by atoms with E-state index in [0.717, 1.165) is 11.6 Å². The lowest BCUT2D eigenvalue weighted by Gasteiger charge is -2.49. The van der Waals surface area contributed by atoms with E-state index in [0.29, 0.717) is 17.0 Å². The van der Waals surface area contributed by atoms with Gasteiger partial charge in [0.25, 0.3) is 10.3 Å². The summed E-state index contributed by atoms with van der Waals surface area (Å²) in [4.78, 5) is 0. The normalized spacial score (nSPS) is 28.7. The molecule has 2 fully saturated rings. The molecule has 1 aromatic rings. The first-order chi connectivity index (χ1) is 8.61. The molecule has 0 N–H and O–H groups in total. The smallest absolute Gasteiger partial charge is 0.251 e. The van der Waals surface area contributed by atoms with Crippen molar-refractivity contribution in [1.29, 1.82) is 0 Å². The van der Waals surface area contributed by atoms with Crippen molar-refractivity contribution in [2.45, 2.75) is 50.2 Å². The molecule has 0 aromatic carbocycles. The van der Waals surface area contributed by atoms with Crippen molar-refractivity contribution in [3.05, 3.63) is 10.3 Å². The summed E-state index contributed by atoms with van der Waals surface area (Å²) < 4.78 is 4.20. The van der Waals surface area contributed by atoms with E-state index < -0.39 is 0 Å². The first-order valence-electron chi connectivity index (χ1n) is 7.01. The van der Waals surface area contributed by atoms with Gasteiger partial charge in [0.1, 0.15) is 0 Å². The molecule has 2 aliphatic heterocycles. The number of nitrogens with zero attached hydrogens (tertiary/aromatic N) is 2. The quantitative estimate of drug-likeness (QED) is 0.554. The number of halogens is 2. The van der Waals surface area contributed by atoms with Crippen molar-refractivity contribution in [1.82, 2.24) is 4.57 Å². The molecule has 2 saturated heterocycles. The maximum atomic E-state index is 6.29. The Morgan fingerprint density at radius 3 is 2.00 bits per heavy atom. The van der Waals surface area contributed by atoms with Crippen LogP contribution in [-0.2, 0) is 14.1 Å². The minimum atomic E-state index is 0.660. The topological polar surface area (TPSA) is 8.81 Å². The van der Waals surface area contributed by atoms with Gasteiger partial charge in [-0.3, -0.25) is 9.13 Å². The van der Waals surface area contributed by atoms with Crippen LogP contribution in [0.5, 0.6) is 0 Å².